The zero-order valence-electron chi connectivity index (χ0n) is 11.5. The minimum atomic E-state index is -0.393. The lowest BCUT2D eigenvalue weighted by Gasteiger charge is -2.11. The Labute approximate surface area is 116 Å². The predicted molar refractivity (Wildman–Crippen MR) is 78.0 cm³/mol. The summed E-state index contributed by atoms with van der Waals surface area (Å²) in [5.74, 6) is 0. The molecule has 1 aromatic heterocycles. The number of aromatic nitrogens is 1. The van der Waals surface area contributed by atoms with Gasteiger partial charge in [0.25, 0.3) is 5.69 Å². The summed E-state index contributed by atoms with van der Waals surface area (Å²) < 4.78 is 5.45. The van der Waals surface area contributed by atoms with Gasteiger partial charge in [-0.3, -0.25) is 15.1 Å². The highest BCUT2D eigenvalue weighted by Gasteiger charge is 2.14. The molecule has 0 fully saturated rings. The van der Waals surface area contributed by atoms with Gasteiger partial charge in [-0.15, -0.1) is 0 Å². The molecule has 1 heterocycles. The molecule has 2 aromatic rings. The van der Waals surface area contributed by atoms with E-state index in [4.69, 9.17) is 4.74 Å². The van der Waals surface area contributed by atoms with Gasteiger partial charge in [0.15, 0.2) is 0 Å². The van der Waals surface area contributed by atoms with E-state index in [2.05, 4.69) is 10.3 Å². The monoisotopic (exact) mass is 275 g/mol. The maximum absolute atomic E-state index is 11.0. The Morgan fingerprint density at radius 1 is 1.40 bits per heavy atom. The lowest BCUT2D eigenvalue weighted by atomic mass is 10.1. The predicted octanol–water partition coefficient (Wildman–Crippen LogP) is 2.98. The number of nitrogens with one attached hydrogen (secondary N) is 1. The van der Waals surface area contributed by atoms with Crippen LogP contribution in [-0.4, -0.2) is 29.2 Å². The van der Waals surface area contributed by atoms with E-state index >= 15 is 0 Å². The van der Waals surface area contributed by atoms with E-state index in [1.54, 1.807) is 24.4 Å². The first kappa shape index (κ1) is 14.2. The molecule has 1 N–H and O–H groups in total. The van der Waals surface area contributed by atoms with Crippen LogP contribution in [-0.2, 0) is 4.74 Å². The van der Waals surface area contributed by atoms with Crippen molar-refractivity contribution in [3.05, 3.63) is 40.6 Å². The molecule has 0 saturated carbocycles. The number of nitro benzene ring substituents is 1. The second-order valence-corrected chi connectivity index (χ2v) is 4.64. The standard InChI is InChI=1S/C14H17N3O3/c1-10(2)20-9-8-15-12-5-6-13(17(18)19)11-4-3-7-16-14(11)12/h3-7,10,15H,8-9H2,1-2H3. The van der Waals surface area contributed by atoms with Crippen LogP contribution in [0.5, 0.6) is 0 Å². The highest BCUT2D eigenvalue weighted by molar-refractivity contribution is 5.96. The van der Waals surface area contributed by atoms with Crippen molar-refractivity contribution in [2.24, 2.45) is 0 Å². The summed E-state index contributed by atoms with van der Waals surface area (Å²) in [7, 11) is 0. The number of rotatable bonds is 6. The molecule has 0 aliphatic heterocycles. The number of pyridine rings is 1. The highest BCUT2D eigenvalue weighted by Crippen LogP contribution is 2.29. The summed E-state index contributed by atoms with van der Waals surface area (Å²) in [6.45, 7) is 5.15. The zero-order valence-corrected chi connectivity index (χ0v) is 11.5. The van der Waals surface area contributed by atoms with Gasteiger partial charge in [0, 0.05) is 18.8 Å². The molecule has 0 aliphatic carbocycles. The Morgan fingerprint density at radius 2 is 2.20 bits per heavy atom. The minimum absolute atomic E-state index is 0.0667. The van der Waals surface area contributed by atoms with Crippen molar-refractivity contribution in [3.63, 3.8) is 0 Å². The van der Waals surface area contributed by atoms with Gasteiger partial charge in [-0.1, -0.05) is 0 Å². The van der Waals surface area contributed by atoms with E-state index in [1.165, 1.54) is 6.07 Å². The molecule has 20 heavy (non-hydrogen) atoms. The molecule has 0 unspecified atom stereocenters. The van der Waals surface area contributed by atoms with E-state index in [0.717, 1.165) is 5.69 Å². The smallest absolute Gasteiger partial charge is 0.278 e. The molecule has 0 amide bonds. The Balaban J connectivity index is 2.22. The van der Waals surface area contributed by atoms with E-state index in [9.17, 15) is 10.1 Å². The van der Waals surface area contributed by atoms with Crippen molar-refractivity contribution in [2.75, 3.05) is 18.5 Å². The van der Waals surface area contributed by atoms with Crippen molar-refractivity contribution in [3.8, 4) is 0 Å². The topological polar surface area (TPSA) is 77.3 Å². The third kappa shape index (κ3) is 3.21. The van der Waals surface area contributed by atoms with Crippen LogP contribution in [0.2, 0.25) is 0 Å². The summed E-state index contributed by atoms with van der Waals surface area (Å²) in [6, 6.07) is 6.58. The van der Waals surface area contributed by atoms with Crippen LogP contribution in [0.3, 0.4) is 0 Å². The van der Waals surface area contributed by atoms with Gasteiger partial charge in [0.1, 0.15) is 5.52 Å². The van der Waals surface area contributed by atoms with E-state index in [0.29, 0.717) is 24.1 Å². The molecule has 6 heteroatoms. The van der Waals surface area contributed by atoms with E-state index in [1.807, 2.05) is 13.8 Å². The van der Waals surface area contributed by atoms with Gasteiger partial charge in [0.2, 0.25) is 0 Å². The molecule has 0 atom stereocenters. The first-order chi connectivity index (χ1) is 9.59. The Hall–Kier alpha value is -2.21. The lowest BCUT2D eigenvalue weighted by Crippen LogP contribution is -2.13. The molecule has 0 spiro atoms. The number of benzene rings is 1. The molecule has 0 saturated heterocycles. The van der Waals surface area contributed by atoms with Crippen molar-refractivity contribution in [1.82, 2.24) is 4.98 Å². The molecule has 106 valence electrons. The van der Waals surface area contributed by atoms with Gasteiger partial charge in [-0.05, 0) is 32.0 Å². The number of hydrogen-bond acceptors (Lipinski definition) is 5. The third-order valence-corrected chi connectivity index (χ3v) is 2.81. The van der Waals surface area contributed by atoms with E-state index in [-0.39, 0.29) is 11.8 Å². The van der Waals surface area contributed by atoms with Crippen LogP contribution in [0.15, 0.2) is 30.5 Å². The Kier molecular flexibility index (Phi) is 4.47. The minimum Gasteiger partial charge on any atom is -0.381 e. The van der Waals surface area contributed by atoms with Gasteiger partial charge in [-0.2, -0.15) is 0 Å². The normalized spacial score (nSPS) is 10.9. The summed E-state index contributed by atoms with van der Waals surface area (Å²) in [5, 5.41) is 14.7. The zero-order chi connectivity index (χ0) is 14.5. The van der Waals surface area contributed by atoms with Crippen molar-refractivity contribution >= 4 is 22.3 Å². The van der Waals surface area contributed by atoms with Crippen LogP contribution in [0, 0.1) is 10.1 Å². The van der Waals surface area contributed by atoms with Crippen LogP contribution >= 0.6 is 0 Å². The first-order valence-electron chi connectivity index (χ1n) is 6.47. The number of nitro groups is 1. The maximum atomic E-state index is 11.0. The van der Waals surface area contributed by atoms with Crippen LogP contribution in [0.1, 0.15) is 13.8 Å². The fourth-order valence-electron chi connectivity index (χ4n) is 1.94. The third-order valence-electron chi connectivity index (χ3n) is 2.81. The molecular formula is C14H17N3O3. The lowest BCUT2D eigenvalue weighted by molar-refractivity contribution is -0.383. The second-order valence-electron chi connectivity index (χ2n) is 4.64. The first-order valence-corrected chi connectivity index (χ1v) is 6.47. The van der Waals surface area contributed by atoms with Crippen molar-refractivity contribution < 1.29 is 9.66 Å². The average Bonchev–Trinajstić information content (AvgIpc) is 2.43. The summed E-state index contributed by atoms with van der Waals surface area (Å²) in [4.78, 5) is 14.8. The summed E-state index contributed by atoms with van der Waals surface area (Å²) in [5.41, 5.74) is 1.45. The molecule has 6 nitrogen and oxygen atoms in total. The SMILES string of the molecule is CC(C)OCCNc1ccc([N+](=O)[O-])c2cccnc12. The van der Waals surface area contributed by atoms with Gasteiger partial charge in [0.05, 0.1) is 28.7 Å². The molecule has 0 radical (unpaired) electrons. The average molecular weight is 275 g/mol. The largest absolute Gasteiger partial charge is 0.381 e. The van der Waals surface area contributed by atoms with Crippen molar-refractivity contribution in [2.45, 2.75) is 20.0 Å². The molecule has 2 rings (SSSR count). The van der Waals surface area contributed by atoms with E-state index < -0.39 is 4.92 Å². The van der Waals surface area contributed by atoms with Crippen LogP contribution in [0.4, 0.5) is 11.4 Å². The fraction of sp³-hybridized carbons (Fsp3) is 0.357. The highest BCUT2D eigenvalue weighted by atomic mass is 16.6. The molecular weight excluding hydrogens is 258 g/mol. The van der Waals surface area contributed by atoms with Crippen molar-refractivity contribution in [1.29, 1.82) is 0 Å². The number of hydrogen-bond donors (Lipinski definition) is 1. The van der Waals surface area contributed by atoms with Gasteiger partial charge < -0.3 is 10.1 Å². The van der Waals surface area contributed by atoms with Crippen LogP contribution in [0.25, 0.3) is 10.9 Å². The number of anilines is 1. The van der Waals surface area contributed by atoms with Crippen LogP contribution < -0.4 is 5.32 Å². The number of non-ortho nitro benzene ring substituents is 1. The molecule has 0 aliphatic rings. The second kappa shape index (κ2) is 6.29. The van der Waals surface area contributed by atoms with Gasteiger partial charge in [-0.25, -0.2) is 0 Å². The Bertz CT molecular complexity index is 614. The summed E-state index contributed by atoms with van der Waals surface area (Å²) >= 11 is 0. The number of fused-ring (bicyclic) bond motifs is 1. The van der Waals surface area contributed by atoms with Gasteiger partial charge >= 0.3 is 0 Å². The fourth-order valence-corrected chi connectivity index (χ4v) is 1.94. The molecule has 1 aromatic carbocycles. The maximum Gasteiger partial charge on any atom is 0.278 e. The summed E-state index contributed by atoms with van der Waals surface area (Å²) in [6.07, 6.45) is 1.81. The number of ether oxygens (including phenoxy) is 1. The Morgan fingerprint density at radius 3 is 2.90 bits per heavy atom. The number of nitrogens with zero attached hydrogens (tertiary/aromatic N) is 2. The molecule has 0 bridgehead atoms. The quantitative estimate of drug-likeness (QED) is 0.498.